The molecule has 0 aromatic heterocycles. The zero-order valence-electron chi connectivity index (χ0n) is 11.3. The van der Waals surface area contributed by atoms with Gasteiger partial charge in [-0.1, -0.05) is 23.7 Å². The van der Waals surface area contributed by atoms with Crippen LogP contribution in [-0.2, 0) is 15.8 Å². The molecule has 1 fully saturated rings. The van der Waals surface area contributed by atoms with E-state index in [2.05, 4.69) is 19.2 Å². The summed E-state index contributed by atoms with van der Waals surface area (Å²) in [5.74, 6) is 0. The van der Waals surface area contributed by atoms with E-state index in [4.69, 9.17) is 20.8 Å². The van der Waals surface area contributed by atoms with Gasteiger partial charge in [0.1, 0.15) is 0 Å². The van der Waals surface area contributed by atoms with Crippen LogP contribution in [0.3, 0.4) is 0 Å². The van der Waals surface area contributed by atoms with E-state index >= 15 is 0 Å². The first kappa shape index (κ1) is 14.1. The third-order valence-electron chi connectivity index (χ3n) is 3.24. The van der Waals surface area contributed by atoms with Gasteiger partial charge >= 0.3 is 0 Å². The fraction of sp³-hybridized carbons (Fsp3) is 0.571. The van der Waals surface area contributed by atoms with Crippen molar-refractivity contribution in [2.75, 3.05) is 0 Å². The molecule has 2 nitrogen and oxygen atoms in total. The molecule has 0 N–H and O–H groups in total. The van der Waals surface area contributed by atoms with Crippen LogP contribution in [0, 0.1) is 6.92 Å². The van der Waals surface area contributed by atoms with E-state index in [9.17, 15) is 0 Å². The molecule has 0 bridgehead atoms. The van der Waals surface area contributed by atoms with Crippen LogP contribution < -0.4 is 0 Å². The second-order valence-electron chi connectivity index (χ2n) is 5.29. The lowest BCUT2D eigenvalue weighted by Gasteiger charge is -2.36. The molecule has 1 aromatic rings. The van der Waals surface area contributed by atoms with E-state index in [1.165, 1.54) is 0 Å². The van der Waals surface area contributed by atoms with E-state index in [1.54, 1.807) is 0 Å². The van der Waals surface area contributed by atoms with Gasteiger partial charge in [0.15, 0.2) is 9.04 Å². The molecular weight excluding hydrogens is 264 g/mol. The highest BCUT2D eigenvalue weighted by Gasteiger charge is 2.30. The predicted octanol–water partition coefficient (Wildman–Crippen LogP) is 3.70. The normalized spacial score (nSPS) is 23.2. The monoisotopic (exact) mass is 284 g/mol. The van der Waals surface area contributed by atoms with Crippen LogP contribution in [0.4, 0.5) is 0 Å². The molecule has 0 radical (unpaired) electrons. The van der Waals surface area contributed by atoms with Crippen molar-refractivity contribution in [1.29, 1.82) is 0 Å². The van der Waals surface area contributed by atoms with Gasteiger partial charge in [-0.3, -0.25) is 0 Å². The van der Waals surface area contributed by atoms with Crippen molar-refractivity contribution >= 4 is 20.6 Å². The Balaban J connectivity index is 1.72. The largest absolute Gasteiger partial charge is 0.417 e. The summed E-state index contributed by atoms with van der Waals surface area (Å²) in [6, 6.07) is 6.11. The quantitative estimate of drug-likeness (QED) is 0.768. The lowest BCUT2D eigenvalue weighted by molar-refractivity contribution is -0.0692. The van der Waals surface area contributed by atoms with E-state index in [-0.39, 0.29) is 0 Å². The van der Waals surface area contributed by atoms with Crippen molar-refractivity contribution in [3.05, 3.63) is 34.3 Å². The van der Waals surface area contributed by atoms with Crippen LogP contribution in [0.2, 0.25) is 18.1 Å². The van der Waals surface area contributed by atoms with Crippen LogP contribution in [0.25, 0.3) is 0 Å². The van der Waals surface area contributed by atoms with Gasteiger partial charge in [-0.25, -0.2) is 0 Å². The average molecular weight is 285 g/mol. The minimum Gasteiger partial charge on any atom is -0.417 e. The van der Waals surface area contributed by atoms with Gasteiger partial charge in [0.2, 0.25) is 0 Å². The summed E-state index contributed by atoms with van der Waals surface area (Å²) in [7, 11) is -0.887. The number of hydrogen-bond acceptors (Lipinski definition) is 2. The molecule has 0 aliphatic heterocycles. The Morgan fingerprint density at radius 3 is 2.61 bits per heavy atom. The standard InChI is InChI=1S/C14H21ClO2Si/c1-10-4-5-11(6-14(10)15)9-16-12-7-13(8-12)17-18(2)3/h4-6,12-13,18H,7-9H2,1-3H3/t12-,13+. The molecule has 4 heteroatoms. The molecule has 18 heavy (non-hydrogen) atoms. The van der Waals surface area contributed by atoms with E-state index in [0.29, 0.717) is 18.8 Å². The first-order valence-electron chi connectivity index (χ1n) is 6.56. The number of hydrogen-bond donors (Lipinski definition) is 0. The summed E-state index contributed by atoms with van der Waals surface area (Å²) in [4.78, 5) is 0. The van der Waals surface area contributed by atoms with Gasteiger partial charge in [-0.2, -0.15) is 0 Å². The third-order valence-corrected chi connectivity index (χ3v) is 4.57. The molecule has 0 spiro atoms. The highest BCUT2D eigenvalue weighted by Crippen LogP contribution is 2.28. The molecule has 0 atom stereocenters. The lowest BCUT2D eigenvalue weighted by atomic mass is 9.92. The van der Waals surface area contributed by atoms with Crippen molar-refractivity contribution in [3.63, 3.8) is 0 Å². The molecule has 100 valence electrons. The molecule has 2 rings (SSSR count). The number of aryl methyl sites for hydroxylation is 1. The van der Waals surface area contributed by atoms with Gasteiger partial charge < -0.3 is 9.16 Å². The first-order valence-corrected chi connectivity index (χ1v) is 9.72. The molecule has 1 aliphatic rings. The summed E-state index contributed by atoms with van der Waals surface area (Å²) in [6.45, 7) is 7.08. The number of benzene rings is 1. The van der Waals surface area contributed by atoms with E-state index in [0.717, 1.165) is 29.0 Å². The molecule has 1 aromatic carbocycles. The molecule has 0 heterocycles. The fourth-order valence-electron chi connectivity index (χ4n) is 2.09. The highest BCUT2D eigenvalue weighted by molar-refractivity contribution is 6.48. The molecule has 1 aliphatic carbocycles. The van der Waals surface area contributed by atoms with Crippen LogP contribution in [0.1, 0.15) is 24.0 Å². The van der Waals surface area contributed by atoms with Crippen molar-refractivity contribution in [2.45, 2.75) is 51.7 Å². The number of rotatable bonds is 5. The Morgan fingerprint density at radius 1 is 1.28 bits per heavy atom. The first-order chi connectivity index (χ1) is 8.54. The van der Waals surface area contributed by atoms with E-state index in [1.807, 2.05) is 19.1 Å². The van der Waals surface area contributed by atoms with Crippen molar-refractivity contribution in [1.82, 2.24) is 0 Å². The highest BCUT2D eigenvalue weighted by atomic mass is 35.5. The lowest BCUT2D eigenvalue weighted by Crippen LogP contribution is -2.39. The summed E-state index contributed by atoms with van der Waals surface area (Å²) in [5, 5.41) is 0.816. The van der Waals surface area contributed by atoms with Crippen molar-refractivity contribution in [3.8, 4) is 0 Å². The average Bonchev–Trinajstić information content (AvgIpc) is 2.25. The zero-order chi connectivity index (χ0) is 13.1. The second kappa shape index (κ2) is 6.20. The number of halogens is 1. The van der Waals surface area contributed by atoms with Gasteiger partial charge in [-0.15, -0.1) is 0 Å². The van der Waals surface area contributed by atoms with Gasteiger partial charge in [0.25, 0.3) is 0 Å². The predicted molar refractivity (Wildman–Crippen MR) is 77.8 cm³/mol. The molecule has 0 unspecified atom stereocenters. The summed E-state index contributed by atoms with van der Waals surface area (Å²) in [5.41, 5.74) is 2.26. The Bertz CT molecular complexity index is 403. The van der Waals surface area contributed by atoms with Crippen LogP contribution in [-0.4, -0.2) is 21.2 Å². The maximum atomic E-state index is 6.09. The Labute approximate surface area is 116 Å². The summed E-state index contributed by atoms with van der Waals surface area (Å²) >= 11 is 6.09. The van der Waals surface area contributed by atoms with Crippen LogP contribution in [0.5, 0.6) is 0 Å². The second-order valence-corrected chi connectivity index (χ2v) is 8.07. The molecule has 0 amide bonds. The van der Waals surface area contributed by atoms with Gasteiger partial charge in [0.05, 0.1) is 12.7 Å². The maximum absolute atomic E-state index is 6.09. The molecular formula is C14H21ClO2Si. The Morgan fingerprint density at radius 2 is 2.00 bits per heavy atom. The Hall–Kier alpha value is -0.353. The van der Waals surface area contributed by atoms with Crippen LogP contribution in [0.15, 0.2) is 18.2 Å². The summed E-state index contributed by atoms with van der Waals surface area (Å²) < 4.78 is 11.7. The van der Waals surface area contributed by atoms with Crippen molar-refractivity contribution in [2.24, 2.45) is 0 Å². The summed E-state index contributed by atoms with van der Waals surface area (Å²) in [6.07, 6.45) is 2.90. The molecule has 1 saturated carbocycles. The third kappa shape index (κ3) is 3.82. The van der Waals surface area contributed by atoms with Gasteiger partial charge in [-0.05, 0) is 50.1 Å². The minimum atomic E-state index is -0.887. The topological polar surface area (TPSA) is 18.5 Å². The van der Waals surface area contributed by atoms with Crippen molar-refractivity contribution < 1.29 is 9.16 Å². The van der Waals surface area contributed by atoms with Crippen LogP contribution >= 0.6 is 11.6 Å². The van der Waals surface area contributed by atoms with E-state index < -0.39 is 9.04 Å². The maximum Gasteiger partial charge on any atom is 0.171 e. The minimum absolute atomic E-state index is 0.364. The van der Waals surface area contributed by atoms with Gasteiger partial charge in [0, 0.05) is 11.1 Å². The Kier molecular flexibility index (Phi) is 4.84. The smallest absolute Gasteiger partial charge is 0.171 e. The SMILES string of the molecule is Cc1ccc(CO[C@H]2C[C@@H](O[SiH](C)C)C2)cc1Cl. The number of ether oxygens (including phenoxy) is 1. The zero-order valence-corrected chi connectivity index (χ0v) is 13.2. The fourth-order valence-corrected chi connectivity index (χ4v) is 3.28. The molecule has 0 saturated heterocycles.